The van der Waals surface area contributed by atoms with Gasteiger partial charge >= 0.3 is 5.97 Å². The zero-order chi connectivity index (χ0) is 26.7. The molecule has 0 spiro atoms. The molecular weight excluding hydrogens is 481 g/mol. The van der Waals surface area contributed by atoms with Gasteiger partial charge in [-0.2, -0.15) is 0 Å². The third-order valence-electron chi connectivity index (χ3n) is 6.97. The molecule has 1 aromatic heterocycles. The van der Waals surface area contributed by atoms with Crippen molar-refractivity contribution in [1.82, 2.24) is 9.88 Å². The number of quaternary nitrogens is 1. The van der Waals surface area contributed by atoms with Gasteiger partial charge in [-0.15, -0.1) is 0 Å². The molecule has 2 aliphatic rings. The lowest BCUT2D eigenvalue weighted by atomic mass is 9.94. The Morgan fingerprint density at radius 3 is 2.68 bits per heavy atom. The molecule has 2 aromatic rings. The Hall–Kier alpha value is -3.50. The number of carbonyl (C=O) groups is 3. The molecule has 2 saturated heterocycles. The van der Waals surface area contributed by atoms with E-state index in [4.69, 9.17) is 9.47 Å². The van der Waals surface area contributed by atoms with E-state index < -0.39 is 35.3 Å². The van der Waals surface area contributed by atoms with Crippen molar-refractivity contribution in [3.63, 3.8) is 0 Å². The van der Waals surface area contributed by atoms with Crippen LogP contribution in [-0.2, 0) is 19.1 Å². The highest BCUT2D eigenvalue weighted by Gasteiger charge is 2.44. The molecule has 1 unspecified atom stereocenters. The van der Waals surface area contributed by atoms with Crippen LogP contribution in [0.3, 0.4) is 0 Å². The number of aromatic nitrogens is 1. The molecule has 9 nitrogen and oxygen atoms in total. The number of nitrogens with one attached hydrogen (secondary N) is 2. The molecule has 1 atom stereocenters. The SMILES string of the molecule is CCOC(=O)c1[nH]c(C)c(/C([O-])=C2\C(=O)C(=O)N(CCC[NH+]3CCOCC3)C2c2cccc(F)c2)c1C. The van der Waals surface area contributed by atoms with Crippen LogP contribution in [0.15, 0.2) is 29.8 Å². The average molecular weight is 514 g/mol. The first-order chi connectivity index (χ1) is 17.7. The highest BCUT2D eigenvalue weighted by atomic mass is 19.1. The summed E-state index contributed by atoms with van der Waals surface area (Å²) in [5.74, 6) is -3.50. The summed E-state index contributed by atoms with van der Waals surface area (Å²) in [5, 5.41) is 13.9. The first kappa shape index (κ1) is 26.6. The number of halogens is 1. The zero-order valence-corrected chi connectivity index (χ0v) is 21.3. The molecule has 0 radical (unpaired) electrons. The Morgan fingerprint density at radius 2 is 2.00 bits per heavy atom. The number of hydrogen-bond acceptors (Lipinski definition) is 6. The molecule has 37 heavy (non-hydrogen) atoms. The smallest absolute Gasteiger partial charge is 0.355 e. The third-order valence-corrected chi connectivity index (χ3v) is 6.97. The molecule has 2 N–H and O–H groups in total. The number of rotatable bonds is 8. The Balaban J connectivity index is 1.74. The van der Waals surface area contributed by atoms with E-state index in [0.717, 1.165) is 19.6 Å². The largest absolute Gasteiger partial charge is 0.872 e. The van der Waals surface area contributed by atoms with Crippen molar-refractivity contribution < 1.29 is 38.3 Å². The van der Waals surface area contributed by atoms with Crippen LogP contribution in [0.25, 0.3) is 5.76 Å². The monoisotopic (exact) mass is 513 g/mol. The van der Waals surface area contributed by atoms with Crippen LogP contribution < -0.4 is 10.0 Å². The Morgan fingerprint density at radius 1 is 1.27 bits per heavy atom. The standard InChI is InChI=1S/C27H32FN3O6/c1-4-37-27(35)22-16(2)20(17(3)29-22)24(32)21-23(18-7-5-8-19(28)15-18)31(26(34)25(21)33)10-6-9-30-11-13-36-14-12-30/h5,7-8,15,23,29,32H,4,6,9-14H2,1-3H3/b24-21+. The maximum atomic E-state index is 14.2. The molecule has 1 amide bonds. The van der Waals surface area contributed by atoms with Crippen LogP contribution in [0.2, 0.25) is 0 Å². The maximum Gasteiger partial charge on any atom is 0.355 e. The van der Waals surface area contributed by atoms with E-state index in [1.165, 1.54) is 28.0 Å². The number of morpholine rings is 1. The topological polar surface area (TPSA) is 116 Å². The molecule has 2 fully saturated rings. The van der Waals surface area contributed by atoms with E-state index >= 15 is 0 Å². The highest BCUT2D eigenvalue weighted by Crippen LogP contribution is 2.40. The molecule has 1 aromatic carbocycles. The van der Waals surface area contributed by atoms with Crippen LogP contribution in [0.1, 0.15) is 52.3 Å². The summed E-state index contributed by atoms with van der Waals surface area (Å²) in [6, 6.07) is 4.57. The molecule has 4 rings (SSSR count). The summed E-state index contributed by atoms with van der Waals surface area (Å²) < 4.78 is 24.7. The van der Waals surface area contributed by atoms with Crippen molar-refractivity contribution in [2.75, 3.05) is 46.0 Å². The molecule has 2 aliphatic heterocycles. The first-order valence-electron chi connectivity index (χ1n) is 12.5. The summed E-state index contributed by atoms with van der Waals surface area (Å²) >= 11 is 0. The number of amides is 1. The van der Waals surface area contributed by atoms with Crippen molar-refractivity contribution in [3.05, 3.63) is 63.7 Å². The predicted octanol–water partition coefficient (Wildman–Crippen LogP) is 0.477. The van der Waals surface area contributed by atoms with Crippen molar-refractivity contribution >= 4 is 23.4 Å². The van der Waals surface area contributed by atoms with Crippen LogP contribution in [0, 0.1) is 19.7 Å². The number of H-pyrrole nitrogens is 1. The van der Waals surface area contributed by atoms with Crippen LogP contribution in [-0.4, -0.2) is 73.5 Å². The first-order valence-corrected chi connectivity index (χ1v) is 12.5. The average Bonchev–Trinajstić information content (AvgIpc) is 3.32. The summed E-state index contributed by atoms with van der Waals surface area (Å²) in [4.78, 5) is 44.4. The van der Waals surface area contributed by atoms with Crippen molar-refractivity contribution in [3.8, 4) is 0 Å². The fourth-order valence-electron chi connectivity index (χ4n) is 5.17. The van der Waals surface area contributed by atoms with Gasteiger partial charge in [0.1, 0.15) is 24.6 Å². The fraction of sp³-hybridized carbons (Fsp3) is 0.444. The van der Waals surface area contributed by atoms with Gasteiger partial charge in [0, 0.05) is 24.2 Å². The number of likely N-dealkylation sites (tertiary alicyclic amines) is 1. The van der Waals surface area contributed by atoms with E-state index in [1.807, 2.05) is 0 Å². The third kappa shape index (κ3) is 5.30. The number of Topliss-reactive ketones (excluding diaryl/α,β-unsaturated/α-hetero) is 1. The summed E-state index contributed by atoms with van der Waals surface area (Å²) in [7, 11) is 0. The van der Waals surface area contributed by atoms with Crippen molar-refractivity contribution in [2.24, 2.45) is 0 Å². The molecule has 0 aliphatic carbocycles. The van der Waals surface area contributed by atoms with Crippen molar-refractivity contribution in [1.29, 1.82) is 0 Å². The number of aryl methyl sites for hydroxylation is 1. The van der Waals surface area contributed by atoms with Crippen LogP contribution >= 0.6 is 0 Å². The van der Waals surface area contributed by atoms with E-state index in [1.54, 1.807) is 26.8 Å². The van der Waals surface area contributed by atoms with Gasteiger partial charge in [0.15, 0.2) is 0 Å². The van der Waals surface area contributed by atoms with Gasteiger partial charge < -0.3 is 29.4 Å². The fourth-order valence-corrected chi connectivity index (χ4v) is 5.17. The minimum Gasteiger partial charge on any atom is -0.872 e. The number of benzene rings is 1. The summed E-state index contributed by atoms with van der Waals surface area (Å²) in [6.07, 6.45) is 0.608. The van der Waals surface area contributed by atoms with E-state index in [9.17, 15) is 23.9 Å². The quantitative estimate of drug-likeness (QED) is 0.230. The van der Waals surface area contributed by atoms with Gasteiger partial charge in [-0.3, -0.25) is 9.59 Å². The predicted molar refractivity (Wildman–Crippen MR) is 130 cm³/mol. The number of nitrogens with zero attached hydrogens (tertiary/aromatic N) is 1. The number of hydrogen-bond donors (Lipinski definition) is 2. The number of esters is 1. The Bertz CT molecular complexity index is 1230. The second kappa shape index (κ2) is 11.3. The van der Waals surface area contributed by atoms with Gasteiger partial charge in [-0.05, 0) is 49.6 Å². The van der Waals surface area contributed by atoms with Gasteiger partial charge in [0.05, 0.1) is 32.4 Å². The molecule has 0 bridgehead atoms. The molecule has 198 valence electrons. The zero-order valence-electron chi connectivity index (χ0n) is 21.3. The van der Waals surface area contributed by atoms with Gasteiger partial charge in [-0.1, -0.05) is 17.9 Å². The Labute approximate surface area is 214 Å². The van der Waals surface area contributed by atoms with Crippen molar-refractivity contribution in [2.45, 2.75) is 33.2 Å². The molecule has 10 heteroatoms. The molecular formula is C27H32FN3O6. The molecule has 0 saturated carbocycles. The van der Waals surface area contributed by atoms with E-state index in [2.05, 4.69) is 4.98 Å². The maximum absolute atomic E-state index is 14.2. The minimum atomic E-state index is -1.03. The lowest BCUT2D eigenvalue weighted by molar-refractivity contribution is -0.908. The number of aromatic amines is 1. The summed E-state index contributed by atoms with van der Waals surface area (Å²) in [5.41, 5.74) is 1.08. The van der Waals surface area contributed by atoms with Gasteiger partial charge in [0.2, 0.25) is 5.78 Å². The van der Waals surface area contributed by atoms with Crippen LogP contribution in [0.5, 0.6) is 0 Å². The minimum absolute atomic E-state index is 0.118. The second-order valence-corrected chi connectivity index (χ2v) is 9.34. The highest BCUT2D eigenvalue weighted by molar-refractivity contribution is 6.46. The summed E-state index contributed by atoms with van der Waals surface area (Å²) in [6.45, 7) is 9.14. The number of carbonyl (C=O) groups excluding carboxylic acids is 3. The second-order valence-electron chi connectivity index (χ2n) is 9.34. The number of ketones is 1. The van der Waals surface area contributed by atoms with Gasteiger partial charge in [0.25, 0.3) is 5.91 Å². The lowest BCUT2D eigenvalue weighted by Crippen LogP contribution is -3.14. The lowest BCUT2D eigenvalue weighted by Gasteiger charge is -2.29. The van der Waals surface area contributed by atoms with E-state index in [-0.39, 0.29) is 30.0 Å². The molecule has 3 heterocycles. The van der Waals surface area contributed by atoms with E-state index in [0.29, 0.717) is 36.5 Å². The normalized spacial score (nSPS) is 20.0. The van der Waals surface area contributed by atoms with Gasteiger partial charge in [-0.25, -0.2) is 9.18 Å². The number of ether oxygens (including phenoxy) is 2. The van der Waals surface area contributed by atoms with Crippen LogP contribution in [0.4, 0.5) is 4.39 Å². The Kier molecular flexibility index (Phi) is 8.09.